The van der Waals surface area contributed by atoms with E-state index in [9.17, 15) is 10.1 Å². The number of alkyl halides is 2. The van der Waals surface area contributed by atoms with Gasteiger partial charge < -0.3 is 5.32 Å². The third-order valence-electron chi connectivity index (χ3n) is 1.93. The molecule has 1 N–H and O–H groups in total. The summed E-state index contributed by atoms with van der Waals surface area (Å²) >= 11 is 17.8. The third kappa shape index (κ3) is 3.46. The van der Waals surface area contributed by atoms with E-state index in [0.29, 0.717) is 11.8 Å². The quantitative estimate of drug-likeness (QED) is 0.401. The van der Waals surface area contributed by atoms with Crippen molar-refractivity contribution in [2.24, 2.45) is 0 Å². The Kier molecular flexibility index (Phi) is 4.56. The monoisotopic (exact) mass is 295 g/mol. The molecule has 0 aliphatic carbocycles. The van der Waals surface area contributed by atoms with E-state index in [1.54, 1.807) is 6.07 Å². The first kappa shape index (κ1) is 14.0. The predicted molar refractivity (Wildman–Crippen MR) is 66.8 cm³/mol. The van der Waals surface area contributed by atoms with Crippen LogP contribution in [0.4, 0.5) is 0 Å². The van der Waals surface area contributed by atoms with Crippen LogP contribution in [0.2, 0.25) is 5.15 Å². The predicted octanol–water partition coefficient (Wildman–Crippen LogP) is 2.70. The molecule has 1 aromatic heterocycles. The zero-order valence-electron chi connectivity index (χ0n) is 8.65. The first-order chi connectivity index (χ1) is 7.87. The maximum atomic E-state index is 10.4. The van der Waals surface area contributed by atoms with Crippen LogP contribution in [0.1, 0.15) is 5.56 Å². The Morgan fingerprint density at radius 2 is 2.24 bits per heavy atom. The Bertz CT molecular complexity index is 445. The van der Waals surface area contributed by atoms with Gasteiger partial charge in [0.2, 0.25) is 0 Å². The van der Waals surface area contributed by atoms with Gasteiger partial charge in [-0.1, -0.05) is 40.9 Å². The topological polar surface area (TPSA) is 68.1 Å². The highest BCUT2D eigenvalue weighted by Crippen LogP contribution is 2.39. The molecule has 0 bridgehead atoms. The number of nitrogens with one attached hydrogen (secondary N) is 1. The van der Waals surface area contributed by atoms with Crippen molar-refractivity contribution in [2.45, 2.75) is 4.33 Å². The minimum atomic E-state index is -1.58. The van der Waals surface area contributed by atoms with Crippen LogP contribution in [0.25, 0.3) is 0 Å². The molecule has 0 saturated carbocycles. The molecule has 17 heavy (non-hydrogen) atoms. The lowest BCUT2D eigenvalue weighted by Gasteiger charge is -2.21. The number of rotatable bonds is 4. The van der Waals surface area contributed by atoms with Crippen molar-refractivity contribution in [3.63, 3.8) is 0 Å². The van der Waals surface area contributed by atoms with E-state index in [0.717, 1.165) is 0 Å². The molecular weight excluding hydrogens is 288 g/mol. The van der Waals surface area contributed by atoms with E-state index in [1.807, 2.05) is 0 Å². The third-order valence-corrected chi connectivity index (χ3v) is 3.00. The Labute approximate surface area is 113 Å². The van der Waals surface area contributed by atoms with E-state index in [1.165, 1.54) is 19.3 Å². The lowest BCUT2D eigenvalue weighted by atomic mass is 10.1. The Morgan fingerprint density at radius 3 is 2.65 bits per heavy atom. The summed E-state index contributed by atoms with van der Waals surface area (Å²) in [5.74, 6) is 0. The highest BCUT2D eigenvalue weighted by Gasteiger charge is 2.34. The fourth-order valence-corrected chi connectivity index (χ4v) is 1.75. The van der Waals surface area contributed by atoms with Gasteiger partial charge in [0.15, 0.2) is 4.33 Å². The number of likely N-dealkylation sites (N-methyl/N-ethyl adjacent to an activating group) is 1. The fraction of sp³-hybridized carbons (Fsp3) is 0.222. The molecule has 0 fully saturated rings. The molecule has 1 aromatic rings. The molecule has 5 nitrogen and oxygen atoms in total. The zero-order chi connectivity index (χ0) is 13.1. The van der Waals surface area contributed by atoms with Crippen LogP contribution >= 0.6 is 34.8 Å². The summed E-state index contributed by atoms with van der Waals surface area (Å²) < 4.78 is -1.58. The van der Waals surface area contributed by atoms with E-state index >= 15 is 0 Å². The molecule has 0 unspecified atom stereocenters. The van der Waals surface area contributed by atoms with Gasteiger partial charge in [-0.05, 0) is 6.07 Å². The summed E-state index contributed by atoms with van der Waals surface area (Å²) in [7, 11) is 1.48. The maximum absolute atomic E-state index is 10.4. The number of pyridine rings is 1. The highest BCUT2D eigenvalue weighted by molar-refractivity contribution is 6.50. The average Bonchev–Trinajstić information content (AvgIpc) is 2.26. The first-order valence-electron chi connectivity index (χ1n) is 4.41. The van der Waals surface area contributed by atoms with Crippen LogP contribution in [0.15, 0.2) is 30.2 Å². The lowest BCUT2D eigenvalue weighted by Crippen LogP contribution is -2.25. The number of aromatic nitrogens is 1. The summed E-state index contributed by atoms with van der Waals surface area (Å²) in [5.41, 5.74) is 0.419. The molecule has 92 valence electrons. The van der Waals surface area contributed by atoms with Crippen molar-refractivity contribution >= 4 is 34.8 Å². The molecule has 1 heterocycles. The number of halogens is 3. The highest BCUT2D eigenvalue weighted by atomic mass is 35.5. The SMILES string of the molecule is CN/C(=C\[N+](=O)[O-])C(Cl)(Cl)c1ccc(Cl)nc1. The molecule has 0 aliphatic rings. The standard InChI is InChI=1S/C9H8Cl3N3O2/c1-13-7(5-15(16)17)9(11,12)6-2-3-8(10)14-4-6/h2-5,13H,1H3/b7-5-. The number of nitrogens with zero attached hydrogens (tertiary/aromatic N) is 2. The van der Waals surface area contributed by atoms with Gasteiger partial charge in [-0.2, -0.15) is 0 Å². The minimum Gasteiger partial charge on any atom is -0.384 e. The molecular formula is C9H8Cl3N3O2. The van der Waals surface area contributed by atoms with E-state index in [4.69, 9.17) is 34.8 Å². The molecule has 0 atom stereocenters. The van der Waals surface area contributed by atoms with Gasteiger partial charge in [0.1, 0.15) is 10.9 Å². The van der Waals surface area contributed by atoms with Gasteiger partial charge in [0, 0.05) is 18.8 Å². The second kappa shape index (κ2) is 5.53. The van der Waals surface area contributed by atoms with Crippen LogP contribution in [-0.4, -0.2) is 17.0 Å². The van der Waals surface area contributed by atoms with E-state index < -0.39 is 9.26 Å². The Morgan fingerprint density at radius 1 is 1.59 bits per heavy atom. The summed E-state index contributed by atoms with van der Waals surface area (Å²) in [6, 6.07) is 3.04. The van der Waals surface area contributed by atoms with Crippen molar-refractivity contribution < 1.29 is 4.92 Å². The van der Waals surface area contributed by atoms with Crippen LogP contribution in [-0.2, 0) is 4.33 Å². The van der Waals surface area contributed by atoms with Crippen molar-refractivity contribution in [2.75, 3.05) is 7.05 Å². The smallest absolute Gasteiger partial charge is 0.256 e. The fourth-order valence-electron chi connectivity index (χ4n) is 1.13. The molecule has 0 aromatic carbocycles. The Hall–Kier alpha value is -1.04. The van der Waals surface area contributed by atoms with Crippen LogP contribution in [0.3, 0.4) is 0 Å². The summed E-state index contributed by atoms with van der Waals surface area (Å²) in [5, 5.41) is 13.3. The zero-order valence-corrected chi connectivity index (χ0v) is 10.9. The first-order valence-corrected chi connectivity index (χ1v) is 5.54. The van der Waals surface area contributed by atoms with Gasteiger partial charge in [0.05, 0.1) is 4.92 Å². The molecule has 8 heteroatoms. The minimum absolute atomic E-state index is 0.0370. The summed E-state index contributed by atoms with van der Waals surface area (Å²) in [4.78, 5) is 13.6. The van der Waals surface area contributed by atoms with Crippen molar-refractivity contribution in [3.05, 3.63) is 51.1 Å². The molecule has 0 aliphatic heterocycles. The largest absolute Gasteiger partial charge is 0.384 e. The second-order valence-corrected chi connectivity index (χ2v) is 4.74. The van der Waals surface area contributed by atoms with Gasteiger partial charge in [0.25, 0.3) is 6.20 Å². The van der Waals surface area contributed by atoms with Crippen molar-refractivity contribution in [1.29, 1.82) is 0 Å². The Balaban J connectivity index is 3.16. The van der Waals surface area contributed by atoms with Crippen LogP contribution < -0.4 is 5.32 Å². The van der Waals surface area contributed by atoms with Gasteiger partial charge in [-0.15, -0.1) is 0 Å². The van der Waals surface area contributed by atoms with Gasteiger partial charge in [-0.25, -0.2) is 4.98 Å². The number of allylic oxidation sites excluding steroid dienone is 1. The van der Waals surface area contributed by atoms with Gasteiger partial charge >= 0.3 is 0 Å². The van der Waals surface area contributed by atoms with Crippen molar-refractivity contribution in [3.8, 4) is 0 Å². The second-order valence-electron chi connectivity index (χ2n) is 3.02. The van der Waals surface area contributed by atoms with E-state index in [-0.39, 0.29) is 10.9 Å². The van der Waals surface area contributed by atoms with Crippen LogP contribution in [0.5, 0.6) is 0 Å². The summed E-state index contributed by atoms with van der Waals surface area (Å²) in [6.45, 7) is 0. The van der Waals surface area contributed by atoms with Crippen molar-refractivity contribution in [1.82, 2.24) is 10.3 Å². The molecule has 1 rings (SSSR count). The van der Waals surface area contributed by atoms with Crippen LogP contribution in [0, 0.1) is 10.1 Å². The molecule has 0 amide bonds. The summed E-state index contributed by atoms with van der Waals surface area (Å²) in [6.07, 6.45) is 2.06. The average molecular weight is 297 g/mol. The number of hydrogen-bond acceptors (Lipinski definition) is 4. The molecule has 0 spiro atoms. The number of nitro groups is 1. The number of hydrogen-bond donors (Lipinski definition) is 1. The lowest BCUT2D eigenvalue weighted by molar-refractivity contribution is -0.404. The normalized spacial score (nSPS) is 12.4. The van der Waals surface area contributed by atoms with E-state index in [2.05, 4.69) is 10.3 Å². The molecule has 0 radical (unpaired) electrons. The maximum Gasteiger partial charge on any atom is 0.256 e. The molecule has 0 saturated heterocycles. The van der Waals surface area contributed by atoms with Gasteiger partial charge in [-0.3, -0.25) is 10.1 Å².